The number of methoxy groups -OCH3 is 1. The topological polar surface area (TPSA) is 53.6 Å². The van der Waals surface area contributed by atoms with E-state index in [4.69, 9.17) is 16.3 Å². The van der Waals surface area contributed by atoms with E-state index in [1.165, 1.54) is 7.11 Å². The molecule has 2 rings (SSSR count). The van der Waals surface area contributed by atoms with Crippen molar-refractivity contribution in [1.82, 2.24) is 15.8 Å². The number of halogens is 1. The molecule has 0 bridgehead atoms. The molecule has 1 aromatic rings. The first-order valence-corrected chi connectivity index (χ1v) is 6.75. The standard InChI is InChI=1S/C14H18ClN3O2/c1-18-7-5-11(6-8-18)16-17-14(19)12-9-10(15)3-4-13(12)20-2/h3-5,9,16H,6-8H2,1-2H3,(H,17,19). The molecule has 0 fully saturated rings. The second-order valence-corrected chi connectivity index (χ2v) is 5.10. The molecule has 0 aromatic heterocycles. The van der Waals surface area contributed by atoms with E-state index in [0.717, 1.165) is 25.2 Å². The van der Waals surface area contributed by atoms with Crippen molar-refractivity contribution >= 4 is 17.5 Å². The number of carbonyl (C=O) groups is 1. The largest absolute Gasteiger partial charge is 0.496 e. The molecule has 0 saturated carbocycles. The Hall–Kier alpha value is -1.72. The van der Waals surface area contributed by atoms with E-state index in [9.17, 15) is 4.79 Å². The third kappa shape index (κ3) is 3.65. The number of likely N-dealkylation sites (N-methyl/N-ethyl adjacent to an activating group) is 1. The molecule has 1 aliphatic heterocycles. The van der Waals surface area contributed by atoms with Crippen LogP contribution in [0.15, 0.2) is 30.0 Å². The lowest BCUT2D eigenvalue weighted by Crippen LogP contribution is -2.39. The van der Waals surface area contributed by atoms with Crippen LogP contribution in [-0.4, -0.2) is 38.1 Å². The zero-order valence-electron chi connectivity index (χ0n) is 11.6. The van der Waals surface area contributed by atoms with Crippen LogP contribution in [0.5, 0.6) is 5.75 Å². The predicted octanol–water partition coefficient (Wildman–Crippen LogP) is 1.80. The summed E-state index contributed by atoms with van der Waals surface area (Å²) in [6, 6.07) is 4.94. The van der Waals surface area contributed by atoms with Crippen LogP contribution < -0.4 is 15.6 Å². The summed E-state index contributed by atoms with van der Waals surface area (Å²) in [4.78, 5) is 14.3. The Morgan fingerprint density at radius 2 is 2.25 bits per heavy atom. The zero-order chi connectivity index (χ0) is 14.5. The molecule has 6 heteroatoms. The van der Waals surface area contributed by atoms with Crippen LogP contribution in [0.3, 0.4) is 0 Å². The van der Waals surface area contributed by atoms with Crippen molar-refractivity contribution < 1.29 is 9.53 Å². The molecule has 0 spiro atoms. The van der Waals surface area contributed by atoms with Gasteiger partial charge in [-0.25, -0.2) is 0 Å². The third-order valence-corrected chi connectivity index (χ3v) is 3.39. The number of carbonyl (C=O) groups excluding carboxylic acids is 1. The van der Waals surface area contributed by atoms with Gasteiger partial charge in [0.1, 0.15) is 5.75 Å². The number of amides is 1. The maximum absolute atomic E-state index is 12.1. The van der Waals surface area contributed by atoms with Gasteiger partial charge in [0.05, 0.1) is 12.7 Å². The molecule has 108 valence electrons. The smallest absolute Gasteiger partial charge is 0.273 e. The van der Waals surface area contributed by atoms with Crippen molar-refractivity contribution in [1.29, 1.82) is 0 Å². The lowest BCUT2D eigenvalue weighted by atomic mass is 10.2. The van der Waals surface area contributed by atoms with E-state index in [2.05, 4.69) is 28.9 Å². The molecule has 0 aliphatic carbocycles. The van der Waals surface area contributed by atoms with Gasteiger partial charge in [-0.05, 0) is 31.3 Å². The molecular formula is C14H18ClN3O2. The molecule has 1 aliphatic rings. The minimum atomic E-state index is -0.274. The molecule has 20 heavy (non-hydrogen) atoms. The summed E-state index contributed by atoms with van der Waals surface area (Å²) < 4.78 is 5.16. The monoisotopic (exact) mass is 295 g/mol. The minimum absolute atomic E-state index is 0.274. The lowest BCUT2D eigenvalue weighted by molar-refractivity contribution is 0.0934. The Balaban J connectivity index is 2.00. The number of ether oxygens (including phenoxy) is 1. The number of nitrogens with zero attached hydrogens (tertiary/aromatic N) is 1. The number of rotatable bonds is 4. The highest BCUT2D eigenvalue weighted by atomic mass is 35.5. The van der Waals surface area contributed by atoms with Crippen LogP contribution in [0.25, 0.3) is 0 Å². The van der Waals surface area contributed by atoms with Gasteiger partial charge in [0.2, 0.25) is 0 Å². The molecule has 1 aromatic carbocycles. The third-order valence-electron chi connectivity index (χ3n) is 3.15. The van der Waals surface area contributed by atoms with Gasteiger partial charge in [-0.2, -0.15) is 0 Å². The molecule has 0 radical (unpaired) electrons. The molecule has 0 unspecified atom stereocenters. The SMILES string of the molecule is COc1ccc(Cl)cc1C(=O)NNC1=CCN(C)CC1. The van der Waals surface area contributed by atoms with Crippen molar-refractivity contribution in [2.45, 2.75) is 6.42 Å². The van der Waals surface area contributed by atoms with Gasteiger partial charge >= 0.3 is 0 Å². The van der Waals surface area contributed by atoms with E-state index < -0.39 is 0 Å². The normalized spacial score (nSPS) is 15.4. The summed E-state index contributed by atoms with van der Waals surface area (Å²) in [5.74, 6) is 0.218. The number of benzene rings is 1. The lowest BCUT2D eigenvalue weighted by Gasteiger charge is -2.23. The van der Waals surface area contributed by atoms with Gasteiger partial charge in [0.15, 0.2) is 0 Å². The van der Waals surface area contributed by atoms with Gasteiger partial charge in [-0.15, -0.1) is 0 Å². The summed E-state index contributed by atoms with van der Waals surface area (Å²) in [6.45, 7) is 1.84. The van der Waals surface area contributed by atoms with Crippen LogP contribution in [0.4, 0.5) is 0 Å². The quantitative estimate of drug-likeness (QED) is 0.832. The number of hydrazine groups is 1. The first kappa shape index (κ1) is 14.7. The molecule has 1 heterocycles. The Morgan fingerprint density at radius 3 is 2.90 bits per heavy atom. The molecule has 0 saturated heterocycles. The van der Waals surface area contributed by atoms with E-state index in [1.807, 2.05) is 0 Å². The fourth-order valence-corrected chi connectivity index (χ4v) is 2.12. The van der Waals surface area contributed by atoms with Crippen molar-refractivity contribution in [3.8, 4) is 5.75 Å². The number of hydrogen-bond acceptors (Lipinski definition) is 4. The molecular weight excluding hydrogens is 278 g/mol. The molecule has 5 nitrogen and oxygen atoms in total. The Bertz CT molecular complexity index is 531. The maximum Gasteiger partial charge on any atom is 0.273 e. The van der Waals surface area contributed by atoms with Crippen LogP contribution >= 0.6 is 11.6 Å². The average molecular weight is 296 g/mol. The van der Waals surface area contributed by atoms with Gasteiger partial charge in [0, 0.05) is 30.2 Å². The second-order valence-electron chi connectivity index (χ2n) is 4.67. The zero-order valence-corrected chi connectivity index (χ0v) is 12.3. The van der Waals surface area contributed by atoms with Crippen LogP contribution in [0, 0.1) is 0 Å². The fourth-order valence-electron chi connectivity index (χ4n) is 1.95. The highest BCUT2D eigenvalue weighted by molar-refractivity contribution is 6.31. The maximum atomic E-state index is 12.1. The molecule has 1 amide bonds. The number of nitrogens with one attached hydrogen (secondary N) is 2. The summed E-state index contributed by atoms with van der Waals surface area (Å²) in [5.41, 5.74) is 7.03. The van der Waals surface area contributed by atoms with Gasteiger partial charge in [0.25, 0.3) is 5.91 Å². The van der Waals surface area contributed by atoms with E-state index in [0.29, 0.717) is 16.3 Å². The van der Waals surface area contributed by atoms with Gasteiger partial charge < -0.3 is 15.1 Å². The number of hydrogen-bond donors (Lipinski definition) is 2. The predicted molar refractivity (Wildman–Crippen MR) is 78.8 cm³/mol. The molecule has 2 N–H and O–H groups in total. The summed E-state index contributed by atoms with van der Waals surface area (Å²) in [5, 5.41) is 0.495. The average Bonchev–Trinajstić information content (AvgIpc) is 2.46. The summed E-state index contributed by atoms with van der Waals surface area (Å²) >= 11 is 5.91. The first-order chi connectivity index (χ1) is 9.60. The summed E-state index contributed by atoms with van der Waals surface area (Å²) in [6.07, 6.45) is 2.93. The van der Waals surface area contributed by atoms with Crippen molar-refractivity contribution in [3.05, 3.63) is 40.6 Å². The van der Waals surface area contributed by atoms with E-state index >= 15 is 0 Å². The van der Waals surface area contributed by atoms with Crippen LogP contribution in [-0.2, 0) is 0 Å². The highest BCUT2D eigenvalue weighted by Gasteiger charge is 2.14. The Labute approximate surface area is 123 Å². The minimum Gasteiger partial charge on any atom is -0.496 e. The highest BCUT2D eigenvalue weighted by Crippen LogP contribution is 2.22. The van der Waals surface area contributed by atoms with Crippen LogP contribution in [0.1, 0.15) is 16.8 Å². The summed E-state index contributed by atoms with van der Waals surface area (Å²) in [7, 11) is 3.58. The second kappa shape index (κ2) is 6.63. The Kier molecular flexibility index (Phi) is 4.87. The van der Waals surface area contributed by atoms with Crippen LogP contribution in [0.2, 0.25) is 5.02 Å². The first-order valence-electron chi connectivity index (χ1n) is 6.37. The fraction of sp³-hybridized carbons (Fsp3) is 0.357. The van der Waals surface area contributed by atoms with Crippen molar-refractivity contribution in [2.75, 3.05) is 27.2 Å². The van der Waals surface area contributed by atoms with E-state index in [-0.39, 0.29) is 5.91 Å². The van der Waals surface area contributed by atoms with Gasteiger partial charge in [-0.1, -0.05) is 11.6 Å². The Morgan fingerprint density at radius 1 is 1.45 bits per heavy atom. The van der Waals surface area contributed by atoms with Crippen molar-refractivity contribution in [3.63, 3.8) is 0 Å². The van der Waals surface area contributed by atoms with Crippen molar-refractivity contribution in [2.24, 2.45) is 0 Å². The van der Waals surface area contributed by atoms with E-state index in [1.54, 1.807) is 18.2 Å². The molecule has 0 atom stereocenters. The van der Waals surface area contributed by atoms with Gasteiger partial charge in [-0.3, -0.25) is 10.2 Å².